The van der Waals surface area contributed by atoms with Gasteiger partial charge >= 0.3 is 0 Å². The zero-order valence-electron chi connectivity index (χ0n) is 7.62. The predicted octanol–water partition coefficient (Wildman–Crippen LogP) is -0.419. The Balaban J connectivity index is 2.46. The maximum Gasteiger partial charge on any atom is 0.219 e. The average Bonchev–Trinajstić information content (AvgIpc) is 2.04. The Hall–Kier alpha value is -0.610. The Morgan fingerprint density at radius 1 is 1.75 bits per heavy atom. The van der Waals surface area contributed by atoms with Crippen LogP contribution in [0.1, 0.15) is 13.8 Å². The van der Waals surface area contributed by atoms with Crippen molar-refractivity contribution in [3.8, 4) is 0 Å². The van der Waals surface area contributed by atoms with Crippen LogP contribution in [0.5, 0.6) is 0 Å². The summed E-state index contributed by atoms with van der Waals surface area (Å²) in [5, 5.41) is 0. The van der Waals surface area contributed by atoms with Crippen molar-refractivity contribution in [1.82, 2.24) is 4.90 Å². The molecule has 70 valence electrons. The maximum absolute atomic E-state index is 11.0. The second-order valence-corrected chi connectivity index (χ2v) is 3.23. The zero-order chi connectivity index (χ0) is 9.14. The van der Waals surface area contributed by atoms with E-state index < -0.39 is 0 Å². The highest BCUT2D eigenvalue weighted by atomic mass is 16.5. The summed E-state index contributed by atoms with van der Waals surface area (Å²) in [4.78, 5) is 12.8. The van der Waals surface area contributed by atoms with Gasteiger partial charge in [0.25, 0.3) is 0 Å². The molecule has 2 N–H and O–H groups in total. The Labute approximate surface area is 72.7 Å². The van der Waals surface area contributed by atoms with E-state index in [9.17, 15) is 4.79 Å². The molecule has 1 saturated heterocycles. The molecule has 4 heteroatoms. The summed E-state index contributed by atoms with van der Waals surface area (Å²) in [6.45, 7) is 5.40. The first-order valence-corrected chi connectivity index (χ1v) is 4.24. The van der Waals surface area contributed by atoms with Crippen molar-refractivity contribution in [2.24, 2.45) is 5.73 Å². The van der Waals surface area contributed by atoms with E-state index in [1.54, 1.807) is 11.8 Å². The Morgan fingerprint density at radius 3 is 2.92 bits per heavy atom. The molecule has 0 aliphatic carbocycles. The van der Waals surface area contributed by atoms with Gasteiger partial charge in [0, 0.05) is 26.1 Å². The number of hydrogen-bond donors (Lipinski definition) is 1. The smallest absolute Gasteiger partial charge is 0.219 e. The molecule has 0 aromatic heterocycles. The van der Waals surface area contributed by atoms with E-state index in [0.29, 0.717) is 19.7 Å². The molecule has 1 heterocycles. The normalized spacial score (nSPS) is 26.9. The summed E-state index contributed by atoms with van der Waals surface area (Å²) in [6.07, 6.45) is 0.00245. The van der Waals surface area contributed by atoms with Crippen molar-refractivity contribution >= 4 is 5.91 Å². The summed E-state index contributed by atoms with van der Waals surface area (Å²) < 4.78 is 5.40. The quantitative estimate of drug-likeness (QED) is 0.584. The Bertz CT molecular complexity index is 170. The van der Waals surface area contributed by atoms with E-state index in [4.69, 9.17) is 10.5 Å². The highest BCUT2D eigenvalue weighted by Gasteiger charge is 2.24. The number of nitrogens with zero attached hydrogens (tertiary/aromatic N) is 1. The van der Waals surface area contributed by atoms with Crippen LogP contribution in [-0.4, -0.2) is 42.6 Å². The van der Waals surface area contributed by atoms with Crippen LogP contribution in [0.2, 0.25) is 0 Å². The van der Waals surface area contributed by atoms with Crippen LogP contribution >= 0.6 is 0 Å². The van der Waals surface area contributed by atoms with Crippen LogP contribution in [0.4, 0.5) is 0 Å². The lowest BCUT2D eigenvalue weighted by atomic mass is 10.1. The first kappa shape index (κ1) is 9.48. The van der Waals surface area contributed by atoms with E-state index in [1.807, 2.05) is 6.92 Å². The summed E-state index contributed by atoms with van der Waals surface area (Å²) in [7, 11) is 0. The summed E-state index contributed by atoms with van der Waals surface area (Å²) in [6, 6.07) is -0.00727. The number of nitrogens with two attached hydrogens (primary N) is 1. The van der Waals surface area contributed by atoms with Gasteiger partial charge in [-0.2, -0.15) is 0 Å². The third-order valence-electron chi connectivity index (χ3n) is 2.13. The van der Waals surface area contributed by atoms with Gasteiger partial charge in [-0.25, -0.2) is 0 Å². The summed E-state index contributed by atoms with van der Waals surface area (Å²) >= 11 is 0. The molecule has 1 fully saturated rings. The lowest BCUT2D eigenvalue weighted by molar-refractivity contribution is -0.136. The van der Waals surface area contributed by atoms with Gasteiger partial charge in [-0.15, -0.1) is 0 Å². The van der Waals surface area contributed by atoms with Gasteiger partial charge in [0.1, 0.15) is 0 Å². The van der Waals surface area contributed by atoms with Crippen LogP contribution in [0.3, 0.4) is 0 Å². The molecule has 0 aromatic rings. The summed E-state index contributed by atoms with van der Waals surface area (Å²) in [5.41, 5.74) is 5.67. The van der Waals surface area contributed by atoms with Crippen molar-refractivity contribution in [3.05, 3.63) is 0 Å². The average molecular weight is 172 g/mol. The van der Waals surface area contributed by atoms with Crippen LogP contribution in [0.15, 0.2) is 0 Å². The first-order valence-electron chi connectivity index (χ1n) is 4.24. The number of carbonyl (C=O) groups excluding carboxylic acids is 1. The highest BCUT2D eigenvalue weighted by Crippen LogP contribution is 2.07. The van der Waals surface area contributed by atoms with E-state index in [2.05, 4.69) is 0 Å². The van der Waals surface area contributed by atoms with E-state index in [0.717, 1.165) is 0 Å². The van der Waals surface area contributed by atoms with Crippen molar-refractivity contribution in [2.45, 2.75) is 26.0 Å². The molecule has 4 nitrogen and oxygen atoms in total. The van der Waals surface area contributed by atoms with Crippen molar-refractivity contribution < 1.29 is 9.53 Å². The number of ether oxygens (including phenoxy) is 1. The Morgan fingerprint density at radius 2 is 2.42 bits per heavy atom. The van der Waals surface area contributed by atoms with Crippen molar-refractivity contribution in [2.75, 3.05) is 19.7 Å². The maximum atomic E-state index is 11.0. The molecule has 0 spiro atoms. The van der Waals surface area contributed by atoms with Crippen LogP contribution < -0.4 is 5.73 Å². The first-order chi connectivity index (χ1) is 5.61. The number of amides is 1. The third kappa shape index (κ3) is 2.19. The zero-order valence-corrected chi connectivity index (χ0v) is 7.62. The molecule has 0 saturated carbocycles. The van der Waals surface area contributed by atoms with E-state index >= 15 is 0 Å². The molecule has 1 amide bonds. The Kier molecular flexibility index (Phi) is 3.05. The lowest BCUT2D eigenvalue weighted by Gasteiger charge is -2.34. The van der Waals surface area contributed by atoms with Crippen LogP contribution in [0.25, 0.3) is 0 Å². The van der Waals surface area contributed by atoms with Gasteiger partial charge in [-0.05, 0) is 6.92 Å². The molecule has 2 atom stereocenters. The largest absolute Gasteiger partial charge is 0.373 e. The van der Waals surface area contributed by atoms with E-state index in [1.165, 1.54) is 0 Å². The minimum Gasteiger partial charge on any atom is -0.373 e. The molecule has 0 bridgehead atoms. The highest BCUT2D eigenvalue weighted by molar-refractivity contribution is 5.73. The predicted molar refractivity (Wildman–Crippen MR) is 45.6 cm³/mol. The third-order valence-corrected chi connectivity index (χ3v) is 2.13. The standard InChI is InChI=1S/C8H16N2O2/c1-6(9)8-5-10(7(2)11)3-4-12-8/h6,8H,3-5,9H2,1-2H3. The van der Waals surface area contributed by atoms with Crippen LogP contribution in [0, 0.1) is 0 Å². The van der Waals surface area contributed by atoms with Gasteiger partial charge in [-0.3, -0.25) is 4.79 Å². The molecule has 1 aliphatic heterocycles. The van der Waals surface area contributed by atoms with Crippen LogP contribution in [-0.2, 0) is 9.53 Å². The number of hydrogen-bond acceptors (Lipinski definition) is 3. The molecule has 1 aliphatic rings. The number of morpholine rings is 1. The molecule has 12 heavy (non-hydrogen) atoms. The molecule has 0 radical (unpaired) electrons. The molecule has 0 aromatic carbocycles. The molecular weight excluding hydrogens is 156 g/mol. The van der Waals surface area contributed by atoms with Gasteiger partial charge in [-0.1, -0.05) is 0 Å². The van der Waals surface area contributed by atoms with E-state index in [-0.39, 0.29) is 18.1 Å². The molecule has 2 unspecified atom stereocenters. The minimum absolute atomic E-state index is 0.00245. The lowest BCUT2D eigenvalue weighted by Crippen LogP contribution is -2.50. The monoisotopic (exact) mass is 172 g/mol. The topological polar surface area (TPSA) is 55.6 Å². The minimum atomic E-state index is -0.00727. The number of rotatable bonds is 1. The number of carbonyl (C=O) groups is 1. The molecular formula is C8H16N2O2. The fourth-order valence-electron chi connectivity index (χ4n) is 1.28. The summed E-state index contributed by atoms with van der Waals surface area (Å²) in [5.74, 6) is 0.101. The van der Waals surface area contributed by atoms with Gasteiger partial charge in [0.2, 0.25) is 5.91 Å². The molecule has 1 rings (SSSR count). The van der Waals surface area contributed by atoms with Crippen molar-refractivity contribution in [1.29, 1.82) is 0 Å². The second-order valence-electron chi connectivity index (χ2n) is 3.23. The van der Waals surface area contributed by atoms with Gasteiger partial charge in [0.05, 0.1) is 12.7 Å². The SMILES string of the molecule is CC(=O)N1CCOC(C(C)N)C1. The van der Waals surface area contributed by atoms with Gasteiger partial charge in [0.15, 0.2) is 0 Å². The van der Waals surface area contributed by atoms with Crippen molar-refractivity contribution in [3.63, 3.8) is 0 Å². The fraction of sp³-hybridized carbons (Fsp3) is 0.875. The second kappa shape index (κ2) is 3.87. The fourth-order valence-corrected chi connectivity index (χ4v) is 1.28. The van der Waals surface area contributed by atoms with Gasteiger partial charge < -0.3 is 15.4 Å².